The molecule has 0 aliphatic carbocycles. The van der Waals surface area contributed by atoms with Crippen LogP contribution in [0, 0.1) is 23.0 Å². The molecule has 0 atom stereocenters. The largest absolute Gasteiger partial charge is 0.380 e. The monoisotopic (exact) mass is 251 g/mol. The molecule has 0 aromatic heterocycles. The average Bonchev–Trinajstić information content (AvgIpc) is 2.38. The molecule has 96 valence electrons. The van der Waals surface area contributed by atoms with E-state index in [0.717, 1.165) is 25.9 Å². The molecule has 1 N–H and O–H groups in total. The Morgan fingerprint density at radius 2 is 1.94 bits per heavy atom. The van der Waals surface area contributed by atoms with Gasteiger partial charge >= 0.3 is 0 Å². The third kappa shape index (κ3) is 2.59. The van der Waals surface area contributed by atoms with Crippen molar-refractivity contribution in [2.24, 2.45) is 0 Å². The Morgan fingerprint density at radius 1 is 1.28 bits per heavy atom. The van der Waals surface area contributed by atoms with Crippen LogP contribution in [0.3, 0.4) is 0 Å². The zero-order valence-electron chi connectivity index (χ0n) is 10.2. The molecule has 0 bridgehead atoms. The third-order valence-electron chi connectivity index (χ3n) is 3.28. The molecule has 1 aromatic carbocycles. The van der Waals surface area contributed by atoms with E-state index >= 15 is 0 Å². The Labute approximate surface area is 105 Å². The normalized spacial score (nSPS) is 17.4. The first-order valence-electron chi connectivity index (χ1n) is 5.95. The molecule has 5 heteroatoms. The van der Waals surface area contributed by atoms with E-state index in [4.69, 9.17) is 5.26 Å². The topological polar surface area (TPSA) is 39.1 Å². The summed E-state index contributed by atoms with van der Waals surface area (Å²) in [6.45, 7) is 1.89. The predicted molar refractivity (Wildman–Crippen MR) is 65.2 cm³/mol. The van der Waals surface area contributed by atoms with E-state index in [1.807, 2.05) is 7.05 Å². The van der Waals surface area contributed by atoms with Gasteiger partial charge in [0.15, 0.2) is 11.6 Å². The predicted octanol–water partition coefficient (Wildman–Crippen LogP) is 2.34. The van der Waals surface area contributed by atoms with Crippen LogP contribution >= 0.6 is 0 Å². The molecule has 1 saturated heterocycles. The van der Waals surface area contributed by atoms with Gasteiger partial charge in [-0.3, -0.25) is 0 Å². The Kier molecular flexibility index (Phi) is 3.78. The van der Waals surface area contributed by atoms with E-state index in [1.165, 1.54) is 12.1 Å². The van der Waals surface area contributed by atoms with Crippen molar-refractivity contribution in [2.45, 2.75) is 18.9 Å². The molecule has 0 spiro atoms. The number of hydrogen-bond acceptors (Lipinski definition) is 3. The number of halogens is 2. The van der Waals surface area contributed by atoms with Crippen LogP contribution < -0.4 is 5.32 Å². The molecular weight excluding hydrogens is 236 g/mol. The van der Waals surface area contributed by atoms with E-state index < -0.39 is 11.6 Å². The molecule has 1 aliphatic heterocycles. The van der Waals surface area contributed by atoms with Crippen LogP contribution in [0.5, 0.6) is 0 Å². The maximum Gasteiger partial charge on any atom is 0.183 e. The van der Waals surface area contributed by atoms with Gasteiger partial charge in [-0.25, -0.2) is 8.78 Å². The fourth-order valence-corrected chi connectivity index (χ4v) is 2.12. The first kappa shape index (κ1) is 12.8. The Morgan fingerprint density at radius 3 is 2.56 bits per heavy atom. The fourth-order valence-electron chi connectivity index (χ4n) is 2.12. The molecule has 1 aliphatic rings. The summed E-state index contributed by atoms with van der Waals surface area (Å²) in [5.41, 5.74) is -0.123. The molecule has 0 saturated carbocycles. The molecule has 0 unspecified atom stereocenters. The molecule has 0 amide bonds. The second-order valence-electron chi connectivity index (χ2n) is 4.62. The lowest BCUT2D eigenvalue weighted by Crippen LogP contribution is -2.36. The van der Waals surface area contributed by atoms with Gasteiger partial charge < -0.3 is 10.2 Å². The van der Waals surface area contributed by atoms with Crippen LogP contribution in [0.15, 0.2) is 12.1 Å². The summed E-state index contributed by atoms with van der Waals surface area (Å²) in [5, 5.41) is 11.6. The molecule has 1 heterocycles. The number of nitrogens with one attached hydrogen (secondary N) is 1. The second-order valence-corrected chi connectivity index (χ2v) is 4.62. The highest BCUT2D eigenvalue weighted by molar-refractivity contribution is 5.50. The van der Waals surface area contributed by atoms with Crippen molar-refractivity contribution in [3.05, 3.63) is 29.3 Å². The van der Waals surface area contributed by atoms with Crippen molar-refractivity contribution >= 4 is 5.69 Å². The zero-order chi connectivity index (χ0) is 13.1. The Hall–Kier alpha value is -1.67. The van der Waals surface area contributed by atoms with Gasteiger partial charge in [-0.2, -0.15) is 5.26 Å². The summed E-state index contributed by atoms with van der Waals surface area (Å²) < 4.78 is 27.1. The van der Waals surface area contributed by atoms with E-state index in [0.29, 0.717) is 0 Å². The number of nitriles is 1. The maximum atomic E-state index is 13.7. The van der Waals surface area contributed by atoms with Crippen molar-refractivity contribution in [1.82, 2.24) is 4.90 Å². The summed E-state index contributed by atoms with van der Waals surface area (Å²) >= 11 is 0. The first-order chi connectivity index (χ1) is 8.61. The molecule has 2 rings (SSSR count). The molecule has 0 radical (unpaired) electrons. The highest BCUT2D eigenvalue weighted by Crippen LogP contribution is 2.23. The lowest BCUT2D eigenvalue weighted by Gasteiger charge is -2.30. The summed E-state index contributed by atoms with van der Waals surface area (Å²) in [4.78, 5) is 2.20. The standard InChI is InChI=1S/C13H15F2N3/c1-18-6-4-10(5-7-18)17-11-3-2-9(8-16)12(14)13(11)15/h2-3,10,17H,4-7H2,1H3. The van der Waals surface area contributed by atoms with Crippen molar-refractivity contribution < 1.29 is 8.78 Å². The van der Waals surface area contributed by atoms with Gasteiger partial charge in [0, 0.05) is 6.04 Å². The minimum atomic E-state index is -1.07. The summed E-state index contributed by atoms with van der Waals surface area (Å²) in [5.74, 6) is -2.04. The van der Waals surface area contributed by atoms with Crippen LogP contribution in [0.2, 0.25) is 0 Å². The van der Waals surface area contributed by atoms with Crippen LogP contribution in [-0.4, -0.2) is 31.1 Å². The highest BCUT2D eigenvalue weighted by atomic mass is 19.2. The minimum Gasteiger partial charge on any atom is -0.380 e. The molecule has 1 fully saturated rings. The van der Waals surface area contributed by atoms with Crippen molar-refractivity contribution in [1.29, 1.82) is 5.26 Å². The van der Waals surface area contributed by atoms with Crippen molar-refractivity contribution in [2.75, 3.05) is 25.5 Å². The number of piperidine rings is 1. The third-order valence-corrected chi connectivity index (χ3v) is 3.28. The number of benzene rings is 1. The average molecular weight is 251 g/mol. The van der Waals surface area contributed by atoms with Gasteiger partial charge in [-0.15, -0.1) is 0 Å². The van der Waals surface area contributed by atoms with Crippen LogP contribution in [0.4, 0.5) is 14.5 Å². The van der Waals surface area contributed by atoms with Crippen LogP contribution in [0.1, 0.15) is 18.4 Å². The van der Waals surface area contributed by atoms with Crippen molar-refractivity contribution in [3.8, 4) is 6.07 Å². The van der Waals surface area contributed by atoms with E-state index in [1.54, 1.807) is 6.07 Å². The number of rotatable bonds is 2. The maximum absolute atomic E-state index is 13.7. The number of anilines is 1. The number of nitrogens with zero attached hydrogens (tertiary/aromatic N) is 2. The lowest BCUT2D eigenvalue weighted by molar-refractivity contribution is 0.263. The van der Waals surface area contributed by atoms with Gasteiger partial charge in [0.05, 0.1) is 11.3 Å². The van der Waals surface area contributed by atoms with E-state index in [9.17, 15) is 8.78 Å². The van der Waals surface area contributed by atoms with E-state index in [2.05, 4.69) is 10.2 Å². The van der Waals surface area contributed by atoms with Crippen LogP contribution in [0.25, 0.3) is 0 Å². The fraction of sp³-hybridized carbons (Fsp3) is 0.462. The molecule has 1 aromatic rings. The second kappa shape index (κ2) is 5.32. The van der Waals surface area contributed by atoms with E-state index in [-0.39, 0.29) is 17.3 Å². The lowest BCUT2D eigenvalue weighted by atomic mass is 10.0. The van der Waals surface area contributed by atoms with Crippen molar-refractivity contribution in [3.63, 3.8) is 0 Å². The SMILES string of the molecule is CN1CCC(Nc2ccc(C#N)c(F)c2F)CC1. The van der Waals surface area contributed by atoms with Crippen LogP contribution in [-0.2, 0) is 0 Å². The Balaban J connectivity index is 2.11. The summed E-state index contributed by atoms with van der Waals surface area (Å²) in [6, 6.07) is 4.51. The summed E-state index contributed by atoms with van der Waals surface area (Å²) in [7, 11) is 2.04. The smallest absolute Gasteiger partial charge is 0.183 e. The minimum absolute atomic E-state index is 0.140. The van der Waals surface area contributed by atoms with Gasteiger partial charge in [-0.1, -0.05) is 0 Å². The van der Waals surface area contributed by atoms with Gasteiger partial charge in [0.2, 0.25) is 0 Å². The zero-order valence-corrected chi connectivity index (χ0v) is 10.2. The van der Waals surface area contributed by atoms with Gasteiger partial charge in [0.1, 0.15) is 6.07 Å². The molecule has 3 nitrogen and oxygen atoms in total. The summed E-state index contributed by atoms with van der Waals surface area (Å²) in [6.07, 6.45) is 1.80. The van der Waals surface area contributed by atoms with Gasteiger partial charge in [-0.05, 0) is 45.1 Å². The molecular formula is C13H15F2N3. The van der Waals surface area contributed by atoms with Gasteiger partial charge in [0.25, 0.3) is 0 Å². The highest BCUT2D eigenvalue weighted by Gasteiger charge is 2.19. The molecule has 18 heavy (non-hydrogen) atoms. The number of hydrogen-bond donors (Lipinski definition) is 1. The quantitative estimate of drug-likeness (QED) is 0.877. The first-order valence-corrected chi connectivity index (χ1v) is 5.95. The Bertz CT molecular complexity index is 474. The number of likely N-dealkylation sites (tertiary alicyclic amines) is 1.